The fourth-order valence-corrected chi connectivity index (χ4v) is 3.00. The molecule has 3 aromatic carbocycles. The van der Waals surface area contributed by atoms with Crippen LogP contribution in [-0.2, 0) is 0 Å². The number of ketones is 2. The highest BCUT2D eigenvalue weighted by Crippen LogP contribution is 2.28. The van der Waals surface area contributed by atoms with Crippen molar-refractivity contribution in [3.8, 4) is 5.75 Å². The second kappa shape index (κ2) is 5.87. The summed E-state index contributed by atoms with van der Waals surface area (Å²) in [7, 11) is 0. The van der Waals surface area contributed by atoms with Crippen LogP contribution in [0.15, 0.2) is 66.7 Å². The Morgan fingerprint density at radius 1 is 0.600 bits per heavy atom. The summed E-state index contributed by atoms with van der Waals surface area (Å²) in [6.07, 6.45) is 3.77. The second-order valence-electron chi connectivity index (χ2n) is 5.93. The first kappa shape index (κ1) is 15.1. The standard InChI is InChI=1S/C22H14O3/c23-16-10-7-14(8-11-16)5-6-15-9-12-19-20(13-15)22(25)18-4-2-1-3-17(18)21(19)24/h1-13,23H. The third-order valence-electron chi connectivity index (χ3n) is 4.31. The van der Waals surface area contributed by atoms with Gasteiger partial charge in [-0.1, -0.05) is 54.6 Å². The van der Waals surface area contributed by atoms with E-state index in [-0.39, 0.29) is 17.3 Å². The van der Waals surface area contributed by atoms with E-state index in [0.717, 1.165) is 11.1 Å². The Labute approximate surface area is 144 Å². The molecule has 0 amide bonds. The minimum Gasteiger partial charge on any atom is -0.508 e. The maximum atomic E-state index is 12.7. The number of phenolic OH excluding ortho intramolecular Hbond substituents is 1. The summed E-state index contributed by atoms with van der Waals surface area (Å²) in [5.74, 6) is -0.0157. The van der Waals surface area contributed by atoms with Gasteiger partial charge in [0.25, 0.3) is 0 Å². The molecule has 0 aliphatic heterocycles. The molecule has 4 rings (SSSR count). The van der Waals surface area contributed by atoms with Gasteiger partial charge in [-0.15, -0.1) is 0 Å². The molecule has 0 heterocycles. The number of fused-ring (bicyclic) bond motifs is 2. The largest absolute Gasteiger partial charge is 0.508 e. The molecule has 0 aromatic heterocycles. The Balaban J connectivity index is 1.71. The lowest BCUT2D eigenvalue weighted by Gasteiger charge is -2.17. The predicted octanol–water partition coefficient (Wildman–Crippen LogP) is 4.34. The number of hydrogen-bond donors (Lipinski definition) is 1. The van der Waals surface area contributed by atoms with E-state index in [9.17, 15) is 14.7 Å². The third-order valence-corrected chi connectivity index (χ3v) is 4.31. The van der Waals surface area contributed by atoms with Crippen LogP contribution in [-0.4, -0.2) is 16.7 Å². The molecular weight excluding hydrogens is 312 g/mol. The van der Waals surface area contributed by atoms with E-state index in [1.165, 1.54) is 0 Å². The Hall–Kier alpha value is -3.46. The first-order chi connectivity index (χ1) is 12.1. The van der Waals surface area contributed by atoms with Crippen molar-refractivity contribution in [2.24, 2.45) is 0 Å². The predicted molar refractivity (Wildman–Crippen MR) is 96.8 cm³/mol. The molecule has 3 heteroatoms. The van der Waals surface area contributed by atoms with Gasteiger partial charge in [-0.25, -0.2) is 0 Å². The maximum Gasteiger partial charge on any atom is 0.194 e. The molecule has 120 valence electrons. The van der Waals surface area contributed by atoms with Gasteiger partial charge in [-0.3, -0.25) is 9.59 Å². The van der Waals surface area contributed by atoms with Crippen molar-refractivity contribution in [1.29, 1.82) is 0 Å². The van der Waals surface area contributed by atoms with E-state index in [1.54, 1.807) is 60.7 Å². The van der Waals surface area contributed by atoms with Crippen molar-refractivity contribution in [1.82, 2.24) is 0 Å². The highest BCUT2D eigenvalue weighted by molar-refractivity contribution is 6.28. The van der Waals surface area contributed by atoms with Crippen molar-refractivity contribution >= 4 is 23.7 Å². The average molecular weight is 326 g/mol. The summed E-state index contributed by atoms with van der Waals surface area (Å²) >= 11 is 0. The monoisotopic (exact) mass is 326 g/mol. The summed E-state index contributed by atoms with van der Waals surface area (Å²) in [4.78, 5) is 25.3. The summed E-state index contributed by atoms with van der Waals surface area (Å²) in [6.45, 7) is 0. The topological polar surface area (TPSA) is 54.4 Å². The molecule has 25 heavy (non-hydrogen) atoms. The molecule has 0 fully saturated rings. The molecule has 0 saturated carbocycles. The summed E-state index contributed by atoms with van der Waals surface area (Å²) in [6, 6.07) is 19.0. The summed E-state index contributed by atoms with van der Waals surface area (Å²) < 4.78 is 0. The van der Waals surface area contributed by atoms with Crippen LogP contribution in [0.2, 0.25) is 0 Å². The Kier molecular flexibility index (Phi) is 3.55. The molecule has 1 N–H and O–H groups in total. The van der Waals surface area contributed by atoms with Crippen LogP contribution < -0.4 is 0 Å². The number of carbonyl (C=O) groups excluding carboxylic acids is 2. The lowest BCUT2D eigenvalue weighted by atomic mass is 9.83. The fraction of sp³-hybridized carbons (Fsp3) is 0. The van der Waals surface area contributed by atoms with Gasteiger partial charge < -0.3 is 5.11 Å². The highest BCUT2D eigenvalue weighted by atomic mass is 16.3. The van der Waals surface area contributed by atoms with Gasteiger partial charge in [0.05, 0.1) is 0 Å². The third kappa shape index (κ3) is 2.66. The van der Waals surface area contributed by atoms with Gasteiger partial charge in [0.2, 0.25) is 0 Å². The van der Waals surface area contributed by atoms with Crippen LogP contribution in [0.4, 0.5) is 0 Å². The smallest absolute Gasteiger partial charge is 0.194 e. The molecule has 0 spiro atoms. The van der Waals surface area contributed by atoms with Crippen LogP contribution in [0.5, 0.6) is 5.75 Å². The molecular formula is C22H14O3. The minimum atomic E-state index is -0.120. The lowest BCUT2D eigenvalue weighted by Crippen LogP contribution is -2.20. The van der Waals surface area contributed by atoms with Gasteiger partial charge in [0, 0.05) is 22.3 Å². The van der Waals surface area contributed by atoms with Crippen molar-refractivity contribution in [3.63, 3.8) is 0 Å². The Bertz CT molecular complexity index is 1030. The number of benzene rings is 3. The van der Waals surface area contributed by atoms with Gasteiger partial charge >= 0.3 is 0 Å². The molecule has 0 unspecified atom stereocenters. The Morgan fingerprint density at radius 2 is 1.12 bits per heavy atom. The number of phenols is 1. The second-order valence-corrected chi connectivity index (χ2v) is 5.93. The number of rotatable bonds is 2. The maximum absolute atomic E-state index is 12.7. The SMILES string of the molecule is O=C1c2ccccc2C(=O)c2cc(C=Cc3ccc(O)cc3)ccc21. The van der Waals surface area contributed by atoms with Gasteiger partial charge in [-0.2, -0.15) is 0 Å². The first-order valence-electron chi connectivity index (χ1n) is 7.93. The molecule has 0 bridgehead atoms. The quantitative estimate of drug-likeness (QED) is 0.558. The number of aromatic hydroxyl groups is 1. The average Bonchev–Trinajstić information content (AvgIpc) is 2.65. The molecule has 3 nitrogen and oxygen atoms in total. The van der Waals surface area contributed by atoms with E-state index < -0.39 is 0 Å². The van der Waals surface area contributed by atoms with Crippen molar-refractivity contribution in [2.75, 3.05) is 0 Å². The molecule has 1 aliphatic rings. The van der Waals surface area contributed by atoms with Crippen LogP contribution in [0.25, 0.3) is 12.2 Å². The lowest BCUT2D eigenvalue weighted by molar-refractivity contribution is 0.0979. The molecule has 3 aromatic rings. The van der Waals surface area contributed by atoms with E-state index >= 15 is 0 Å². The first-order valence-corrected chi connectivity index (χ1v) is 7.93. The molecule has 0 radical (unpaired) electrons. The highest BCUT2D eigenvalue weighted by Gasteiger charge is 2.28. The van der Waals surface area contributed by atoms with Crippen LogP contribution >= 0.6 is 0 Å². The molecule has 0 atom stereocenters. The van der Waals surface area contributed by atoms with Crippen LogP contribution in [0.1, 0.15) is 43.0 Å². The van der Waals surface area contributed by atoms with E-state index in [2.05, 4.69) is 0 Å². The minimum absolute atomic E-state index is 0.112. The fourth-order valence-electron chi connectivity index (χ4n) is 3.00. The van der Waals surface area contributed by atoms with Crippen molar-refractivity contribution < 1.29 is 14.7 Å². The van der Waals surface area contributed by atoms with Crippen LogP contribution in [0, 0.1) is 0 Å². The van der Waals surface area contributed by atoms with Gasteiger partial charge in [0.15, 0.2) is 11.6 Å². The zero-order valence-corrected chi connectivity index (χ0v) is 13.3. The van der Waals surface area contributed by atoms with Gasteiger partial charge in [0.1, 0.15) is 5.75 Å². The van der Waals surface area contributed by atoms with Gasteiger partial charge in [-0.05, 0) is 35.4 Å². The van der Waals surface area contributed by atoms with Crippen LogP contribution in [0.3, 0.4) is 0 Å². The number of carbonyl (C=O) groups is 2. The zero-order chi connectivity index (χ0) is 17.4. The number of hydrogen-bond acceptors (Lipinski definition) is 3. The van der Waals surface area contributed by atoms with E-state index in [4.69, 9.17) is 0 Å². The van der Waals surface area contributed by atoms with E-state index in [0.29, 0.717) is 22.3 Å². The summed E-state index contributed by atoms with van der Waals surface area (Å²) in [5.41, 5.74) is 3.59. The Morgan fingerprint density at radius 3 is 1.80 bits per heavy atom. The normalized spacial score (nSPS) is 13.0. The zero-order valence-electron chi connectivity index (χ0n) is 13.3. The van der Waals surface area contributed by atoms with Crippen molar-refractivity contribution in [2.45, 2.75) is 0 Å². The molecule has 0 saturated heterocycles. The molecule has 1 aliphatic carbocycles. The van der Waals surface area contributed by atoms with Crippen molar-refractivity contribution in [3.05, 3.63) is 100 Å². The summed E-state index contributed by atoms with van der Waals surface area (Å²) in [5, 5.41) is 9.31. The van der Waals surface area contributed by atoms with E-state index in [1.807, 2.05) is 18.2 Å².